The summed E-state index contributed by atoms with van der Waals surface area (Å²) >= 11 is 0. The number of hydrogen-bond donors (Lipinski definition) is 1. The fourth-order valence-corrected chi connectivity index (χ4v) is 3.41. The SMILES string of the molecule is CNc1nc(-c2cccnc2)nc2c(OCCOC(C)C)cc(-c3ccccc3F)cc12. The van der Waals surface area contributed by atoms with Gasteiger partial charge in [-0.3, -0.25) is 4.98 Å². The molecular formula is C25H25FN4O2. The zero-order valence-corrected chi connectivity index (χ0v) is 18.3. The third-order valence-corrected chi connectivity index (χ3v) is 4.90. The molecule has 0 saturated heterocycles. The van der Waals surface area contributed by atoms with Crippen LogP contribution >= 0.6 is 0 Å². The number of nitrogens with one attached hydrogen (secondary N) is 1. The summed E-state index contributed by atoms with van der Waals surface area (Å²) in [4.78, 5) is 13.6. The summed E-state index contributed by atoms with van der Waals surface area (Å²) in [6.07, 6.45) is 3.52. The van der Waals surface area contributed by atoms with E-state index in [2.05, 4.69) is 15.3 Å². The molecule has 0 aliphatic heterocycles. The second-order valence-electron chi connectivity index (χ2n) is 7.51. The Morgan fingerprint density at radius 1 is 1.00 bits per heavy atom. The minimum atomic E-state index is -0.306. The molecule has 0 bridgehead atoms. The van der Waals surface area contributed by atoms with Crippen molar-refractivity contribution in [2.45, 2.75) is 20.0 Å². The topological polar surface area (TPSA) is 69.2 Å². The number of fused-ring (bicyclic) bond motifs is 1. The molecule has 0 radical (unpaired) electrons. The second-order valence-corrected chi connectivity index (χ2v) is 7.51. The van der Waals surface area contributed by atoms with Crippen LogP contribution in [0, 0.1) is 5.82 Å². The molecule has 6 nitrogen and oxygen atoms in total. The minimum Gasteiger partial charge on any atom is -0.489 e. The van der Waals surface area contributed by atoms with E-state index in [9.17, 15) is 4.39 Å². The van der Waals surface area contributed by atoms with E-state index >= 15 is 0 Å². The number of rotatable bonds is 8. The van der Waals surface area contributed by atoms with Crippen LogP contribution < -0.4 is 10.1 Å². The lowest BCUT2D eigenvalue weighted by Crippen LogP contribution is -2.12. The molecule has 0 spiro atoms. The fourth-order valence-electron chi connectivity index (χ4n) is 3.41. The highest BCUT2D eigenvalue weighted by Gasteiger charge is 2.17. The molecule has 7 heteroatoms. The number of nitrogens with zero attached hydrogens (tertiary/aromatic N) is 3. The van der Waals surface area contributed by atoms with Crippen molar-refractivity contribution in [3.63, 3.8) is 0 Å². The summed E-state index contributed by atoms with van der Waals surface area (Å²) in [5.74, 6) is 1.38. The monoisotopic (exact) mass is 432 g/mol. The molecule has 0 atom stereocenters. The van der Waals surface area contributed by atoms with Crippen LogP contribution in [0.15, 0.2) is 60.9 Å². The number of aromatic nitrogens is 3. The number of benzene rings is 2. The van der Waals surface area contributed by atoms with Gasteiger partial charge in [0.15, 0.2) is 5.82 Å². The van der Waals surface area contributed by atoms with Gasteiger partial charge in [-0.05, 0) is 49.7 Å². The van der Waals surface area contributed by atoms with Gasteiger partial charge in [0, 0.05) is 36.0 Å². The molecule has 0 amide bonds. The first kappa shape index (κ1) is 21.6. The molecule has 0 aliphatic carbocycles. The summed E-state index contributed by atoms with van der Waals surface area (Å²) in [5, 5.41) is 3.87. The van der Waals surface area contributed by atoms with Crippen molar-refractivity contribution >= 4 is 16.7 Å². The molecule has 164 valence electrons. The van der Waals surface area contributed by atoms with Crippen molar-refractivity contribution in [3.05, 3.63) is 66.7 Å². The smallest absolute Gasteiger partial charge is 0.163 e. The van der Waals surface area contributed by atoms with Gasteiger partial charge < -0.3 is 14.8 Å². The highest BCUT2D eigenvalue weighted by Crippen LogP contribution is 2.36. The van der Waals surface area contributed by atoms with Crippen molar-refractivity contribution in [2.75, 3.05) is 25.6 Å². The van der Waals surface area contributed by atoms with Crippen molar-refractivity contribution < 1.29 is 13.9 Å². The lowest BCUT2D eigenvalue weighted by Gasteiger charge is -2.15. The lowest BCUT2D eigenvalue weighted by molar-refractivity contribution is 0.0556. The molecule has 0 unspecified atom stereocenters. The Balaban J connectivity index is 1.87. The number of pyridine rings is 1. The number of hydrogen-bond acceptors (Lipinski definition) is 6. The van der Waals surface area contributed by atoms with Gasteiger partial charge in [0.2, 0.25) is 0 Å². The molecule has 1 N–H and O–H groups in total. The lowest BCUT2D eigenvalue weighted by atomic mass is 10.0. The van der Waals surface area contributed by atoms with Gasteiger partial charge >= 0.3 is 0 Å². The Hall–Kier alpha value is -3.58. The van der Waals surface area contributed by atoms with E-state index in [-0.39, 0.29) is 11.9 Å². The molecule has 4 aromatic rings. The zero-order valence-electron chi connectivity index (χ0n) is 18.3. The summed E-state index contributed by atoms with van der Waals surface area (Å²) in [6, 6.07) is 14.1. The first-order valence-corrected chi connectivity index (χ1v) is 10.5. The van der Waals surface area contributed by atoms with Crippen LogP contribution in [0.2, 0.25) is 0 Å². The normalized spacial score (nSPS) is 11.2. The van der Waals surface area contributed by atoms with E-state index in [0.29, 0.717) is 47.2 Å². The van der Waals surface area contributed by atoms with Gasteiger partial charge in [-0.2, -0.15) is 0 Å². The highest BCUT2D eigenvalue weighted by atomic mass is 19.1. The van der Waals surface area contributed by atoms with Crippen LogP contribution in [0.5, 0.6) is 5.75 Å². The molecule has 2 heterocycles. The standard InChI is InChI=1S/C25H25FN4O2/c1-16(2)31-11-12-32-22-14-18(19-8-4-5-9-21(19)26)13-20-23(22)29-24(30-25(20)27-3)17-7-6-10-28-15-17/h4-10,13-16H,11-12H2,1-3H3,(H,27,29,30). The van der Waals surface area contributed by atoms with Crippen LogP contribution in [-0.2, 0) is 4.74 Å². The van der Waals surface area contributed by atoms with E-state index in [1.165, 1.54) is 6.07 Å². The summed E-state index contributed by atoms with van der Waals surface area (Å²) in [5.41, 5.74) is 2.59. The van der Waals surface area contributed by atoms with Crippen molar-refractivity contribution in [3.8, 4) is 28.3 Å². The average molecular weight is 432 g/mol. The van der Waals surface area contributed by atoms with Crippen LogP contribution in [0.1, 0.15) is 13.8 Å². The average Bonchev–Trinajstić information content (AvgIpc) is 2.81. The van der Waals surface area contributed by atoms with Crippen molar-refractivity contribution in [1.29, 1.82) is 0 Å². The largest absolute Gasteiger partial charge is 0.489 e. The fraction of sp³-hybridized carbons (Fsp3) is 0.240. The molecule has 0 fully saturated rings. The number of anilines is 1. The predicted octanol–water partition coefficient (Wildman–Crippen LogP) is 5.34. The molecule has 2 aromatic carbocycles. The maximum Gasteiger partial charge on any atom is 0.163 e. The maximum atomic E-state index is 14.6. The van der Waals surface area contributed by atoms with E-state index in [1.807, 2.05) is 38.1 Å². The van der Waals surface area contributed by atoms with Gasteiger partial charge in [0.05, 0.1) is 12.7 Å². The summed E-state index contributed by atoms with van der Waals surface area (Å²) in [7, 11) is 1.79. The van der Waals surface area contributed by atoms with E-state index in [1.54, 1.807) is 37.6 Å². The van der Waals surface area contributed by atoms with Gasteiger partial charge in [0.25, 0.3) is 0 Å². The number of ether oxygens (including phenoxy) is 2. The molecular weight excluding hydrogens is 407 g/mol. The zero-order chi connectivity index (χ0) is 22.5. The molecule has 4 rings (SSSR count). The van der Waals surface area contributed by atoms with Gasteiger partial charge in [-0.25, -0.2) is 14.4 Å². The first-order valence-electron chi connectivity index (χ1n) is 10.5. The van der Waals surface area contributed by atoms with Crippen molar-refractivity contribution in [1.82, 2.24) is 15.0 Å². The first-order chi connectivity index (χ1) is 15.6. The molecule has 0 aliphatic rings. The maximum absolute atomic E-state index is 14.6. The van der Waals surface area contributed by atoms with Crippen LogP contribution in [-0.4, -0.2) is 41.3 Å². The van der Waals surface area contributed by atoms with Crippen molar-refractivity contribution in [2.24, 2.45) is 0 Å². The van der Waals surface area contributed by atoms with Crippen LogP contribution in [0.25, 0.3) is 33.4 Å². The Kier molecular flexibility index (Phi) is 6.56. The van der Waals surface area contributed by atoms with Crippen LogP contribution in [0.3, 0.4) is 0 Å². The summed E-state index contributed by atoms with van der Waals surface area (Å²) < 4.78 is 26.2. The molecule has 0 saturated carbocycles. The Labute approximate surface area is 186 Å². The molecule has 32 heavy (non-hydrogen) atoms. The van der Waals surface area contributed by atoms with E-state index < -0.39 is 0 Å². The van der Waals surface area contributed by atoms with Gasteiger partial charge in [-0.15, -0.1) is 0 Å². The third-order valence-electron chi connectivity index (χ3n) is 4.90. The molecule has 2 aromatic heterocycles. The van der Waals surface area contributed by atoms with Crippen LogP contribution in [0.4, 0.5) is 10.2 Å². The van der Waals surface area contributed by atoms with E-state index in [4.69, 9.17) is 14.5 Å². The second kappa shape index (κ2) is 9.70. The Morgan fingerprint density at radius 2 is 1.84 bits per heavy atom. The highest BCUT2D eigenvalue weighted by molar-refractivity contribution is 5.97. The summed E-state index contributed by atoms with van der Waals surface area (Å²) in [6.45, 7) is 4.72. The number of halogens is 1. The Morgan fingerprint density at radius 3 is 2.56 bits per heavy atom. The quantitative estimate of drug-likeness (QED) is 0.379. The Bertz CT molecular complexity index is 1220. The van der Waals surface area contributed by atoms with Gasteiger partial charge in [-0.1, -0.05) is 18.2 Å². The van der Waals surface area contributed by atoms with Gasteiger partial charge in [0.1, 0.15) is 29.5 Å². The van der Waals surface area contributed by atoms with E-state index in [0.717, 1.165) is 10.9 Å². The predicted molar refractivity (Wildman–Crippen MR) is 124 cm³/mol. The third kappa shape index (κ3) is 4.68. The minimum absolute atomic E-state index is 0.107.